The van der Waals surface area contributed by atoms with E-state index in [1.807, 2.05) is 96.3 Å². The molecule has 0 bridgehead atoms. The zero-order chi connectivity index (χ0) is 38.2. The van der Waals surface area contributed by atoms with E-state index in [9.17, 15) is 0 Å². The van der Waals surface area contributed by atoms with E-state index in [0.717, 1.165) is 77.6 Å². The van der Waals surface area contributed by atoms with Crippen LogP contribution in [-0.2, 0) is 0 Å². The number of thiophene rings is 1. The molecule has 0 spiro atoms. The largest absolute Gasteiger partial charge is 0.456 e. The molecule has 4 heterocycles. The van der Waals surface area contributed by atoms with Gasteiger partial charge in [0.2, 0.25) is 0 Å². The van der Waals surface area contributed by atoms with Gasteiger partial charge in [-0.2, -0.15) is 0 Å². The van der Waals surface area contributed by atoms with Crippen molar-refractivity contribution in [2.45, 2.75) is 0 Å². The van der Waals surface area contributed by atoms with Gasteiger partial charge in [-0.15, -0.1) is 11.3 Å². The molecule has 8 aromatic carbocycles. The molecule has 0 N–H and O–H groups in total. The normalized spacial score (nSPS) is 11.8. The molecule has 58 heavy (non-hydrogen) atoms. The number of hydrogen-bond donors (Lipinski definition) is 0. The summed E-state index contributed by atoms with van der Waals surface area (Å²) >= 11 is 1.82. The lowest BCUT2D eigenvalue weighted by Gasteiger charge is -2.26. The second-order valence-electron chi connectivity index (χ2n) is 14.4. The fourth-order valence-corrected chi connectivity index (χ4v) is 9.40. The molecule has 272 valence electrons. The topological polar surface area (TPSA) is 68.2 Å². The number of nitrogens with zero attached hydrogens (tertiary/aromatic N) is 4. The second-order valence-corrected chi connectivity index (χ2v) is 15.4. The highest BCUT2D eigenvalue weighted by Crippen LogP contribution is 2.45. The van der Waals surface area contributed by atoms with E-state index in [1.165, 1.54) is 20.2 Å². The van der Waals surface area contributed by atoms with E-state index in [4.69, 9.17) is 23.8 Å². The number of hydrogen-bond acceptors (Lipinski definition) is 7. The van der Waals surface area contributed by atoms with Crippen molar-refractivity contribution in [2.75, 3.05) is 4.90 Å². The van der Waals surface area contributed by atoms with Crippen molar-refractivity contribution in [2.24, 2.45) is 0 Å². The minimum Gasteiger partial charge on any atom is -0.456 e. The maximum atomic E-state index is 6.71. The van der Waals surface area contributed by atoms with Gasteiger partial charge in [0.05, 0.1) is 5.69 Å². The molecule has 4 aromatic heterocycles. The van der Waals surface area contributed by atoms with Crippen molar-refractivity contribution in [3.8, 4) is 34.2 Å². The maximum Gasteiger partial charge on any atom is 0.164 e. The van der Waals surface area contributed by atoms with Crippen LogP contribution in [0.4, 0.5) is 17.1 Å². The number of anilines is 3. The summed E-state index contributed by atoms with van der Waals surface area (Å²) in [6.07, 6.45) is 0. The van der Waals surface area contributed by atoms with E-state index >= 15 is 0 Å². The van der Waals surface area contributed by atoms with Gasteiger partial charge in [-0.05, 0) is 60.7 Å². The Morgan fingerprint density at radius 1 is 0.362 bits per heavy atom. The Bertz CT molecular complexity index is 3530. The van der Waals surface area contributed by atoms with Crippen molar-refractivity contribution in [1.29, 1.82) is 0 Å². The summed E-state index contributed by atoms with van der Waals surface area (Å²) in [5, 5.41) is 6.37. The highest BCUT2D eigenvalue weighted by Gasteiger charge is 2.24. The first-order chi connectivity index (χ1) is 28.7. The average Bonchev–Trinajstić information content (AvgIpc) is 3.98. The molecule has 12 rings (SSSR count). The lowest BCUT2D eigenvalue weighted by atomic mass is 10.0. The SMILES string of the molecule is c1ccc(-c2nc(-c3cccc4oc5ccccc5c34)nc(-c3cc(N(c4ccccc4)c4ccc5sc6ccccc6c5c4)cc4oc5ccccc5c34)n2)cc1. The summed E-state index contributed by atoms with van der Waals surface area (Å²) in [5.41, 5.74) is 8.69. The Morgan fingerprint density at radius 2 is 0.948 bits per heavy atom. The number of benzene rings is 8. The number of rotatable bonds is 6. The van der Waals surface area contributed by atoms with E-state index < -0.39 is 0 Å². The monoisotopic (exact) mass is 762 g/mol. The molecule has 0 fully saturated rings. The quantitative estimate of drug-likeness (QED) is 0.168. The lowest BCUT2D eigenvalue weighted by molar-refractivity contribution is 0.668. The molecule has 0 saturated carbocycles. The Balaban J connectivity index is 1.15. The molecular weight excluding hydrogens is 733 g/mol. The van der Waals surface area contributed by atoms with Gasteiger partial charge in [-0.3, -0.25) is 0 Å². The number of para-hydroxylation sites is 3. The minimum absolute atomic E-state index is 0.541. The minimum atomic E-state index is 0.541. The average molecular weight is 763 g/mol. The predicted octanol–water partition coefficient (Wildman–Crippen LogP) is 14.5. The molecule has 0 unspecified atom stereocenters. The van der Waals surface area contributed by atoms with Crippen molar-refractivity contribution in [3.63, 3.8) is 0 Å². The molecule has 7 heteroatoms. The first-order valence-corrected chi connectivity index (χ1v) is 20.0. The van der Waals surface area contributed by atoms with Crippen LogP contribution in [0.1, 0.15) is 0 Å². The first kappa shape index (κ1) is 32.6. The summed E-state index contributed by atoms with van der Waals surface area (Å²) in [5.74, 6) is 1.67. The van der Waals surface area contributed by atoms with Crippen molar-refractivity contribution in [3.05, 3.63) is 182 Å². The van der Waals surface area contributed by atoms with Gasteiger partial charge in [-0.25, -0.2) is 15.0 Å². The Morgan fingerprint density at radius 3 is 1.72 bits per heavy atom. The van der Waals surface area contributed by atoms with E-state index in [1.54, 1.807) is 0 Å². The van der Waals surface area contributed by atoms with Crippen LogP contribution < -0.4 is 4.90 Å². The van der Waals surface area contributed by atoms with E-state index in [-0.39, 0.29) is 0 Å². The summed E-state index contributed by atoms with van der Waals surface area (Å²) in [7, 11) is 0. The van der Waals surface area contributed by atoms with Crippen molar-refractivity contribution in [1.82, 2.24) is 15.0 Å². The third kappa shape index (κ3) is 5.21. The van der Waals surface area contributed by atoms with Gasteiger partial charge in [0.15, 0.2) is 17.5 Å². The van der Waals surface area contributed by atoms with Gasteiger partial charge in [0.1, 0.15) is 22.3 Å². The highest BCUT2D eigenvalue weighted by atomic mass is 32.1. The van der Waals surface area contributed by atoms with Gasteiger partial charge >= 0.3 is 0 Å². The van der Waals surface area contributed by atoms with Gasteiger partial charge in [-0.1, -0.05) is 115 Å². The molecule has 0 aliphatic rings. The van der Waals surface area contributed by atoms with Crippen LogP contribution in [0, 0.1) is 0 Å². The Labute approximate surface area is 335 Å². The number of furan rings is 2. The smallest absolute Gasteiger partial charge is 0.164 e. The summed E-state index contributed by atoms with van der Waals surface area (Å²) < 4.78 is 15.5. The summed E-state index contributed by atoms with van der Waals surface area (Å²) in [6, 6.07) is 62.6. The second kappa shape index (κ2) is 13.0. The summed E-state index contributed by atoms with van der Waals surface area (Å²) in [6.45, 7) is 0. The highest BCUT2D eigenvalue weighted by molar-refractivity contribution is 7.25. The van der Waals surface area contributed by atoms with Crippen LogP contribution in [0.25, 0.3) is 98.2 Å². The molecule has 0 radical (unpaired) electrons. The van der Waals surface area contributed by atoms with Gasteiger partial charge in [0, 0.05) is 75.8 Å². The fourth-order valence-electron chi connectivity index (χ4n) is 8.32. The molecule has 0 atom stereocenters. The molecule has 0 saturated heterocycles. The van der Waals surface area contributed by atoms with Crippen LogP contribution in [0.2, 0.25) is 0 Å². The zero-order valence-electron chi connectivity index (χ0n) is 30.8. The molecule has 6 nitrogen and oxygen atoms in total. The zero-order valence-corrected chi connectivity index (χ0v) is 31.7. The third-order valence-electron chi connectivity index (χ3n) is 10.9. The van der Waals surface area contributed by atoms with Crippen LogP contribution in [0.3, 0.4) is 0 Å². The van der Waals surface area contributed by atoms with Crippen molar-refractivity contribution < 1.29 is 8.83 Å². The van der Waals surface area contributed by atoms with Crippen LogP contribution in [0.15, 0.2) is 191 Å². The Kier molecular flexibility index (Phi) is 7.30. The molecule has 12 aromatic rings. The number of aromatic nitrogens is 3. The first-order valence-electron chi connectivity index (χ1n) is 19.2. The van der Waals surface area contributed by atoms with Crippen molar-refractivity contribution >= 4 is 92.4 Å². The lowest BCUT2D eigenvalue weighted by Crippen LogP contribution is -2.10. The van der Waals surface area contributed by atoms with Gasteiger partial charge in [0.25, 0.3) is 0 Å². The van der Waals surface area contributed by atoms with E-state index in [0.29, 0.717) is 17.5 Å². The standard InChI is InChI=1S/C51H30N4O2S/c1-3-14-31(15-4-1)49-52-50(38-21-13-24-43-47(38)36-19-7-10-22-41(36)56-43)54-51(53-49)40-29-34(30-44-48(40)37-20-8-11-23-42(37)57-44)55(32-16-5-2-6-17-32)33-26-27-46-39(28-33)35-18-9-12-25-45(35)58-46/h1-30H. The van der Waals surface area contributed by atoms with Gasteiger partial charge < -0.3 is 13.7 Å². The number of fused-ring (bicyclic) bond motifs is 9. The van der Waals surface area contributed by atoms with Crippen LogP contribution in [0.5, 0.6) is 0 Å². The van der Waals surface area contributed by atoms with E-state index in [2.05, 4.69) is 102 Å². The van der Waals surface area contributed by atoms with Crippen LogP contribution in [-0.4, -0.2) is 15.0 Å². The molecule has 0 amide bonds. The molecular formula is C51H30N4O2S. The molecule has 0 aliphatic carbocycles. The third-order valence-corrected chi connectivity index (χ3v) is 12.1. The Hall–Kier alpha value is -7.61. The fraction of sp³-hybridized carbons (Fsp3) is 0. The maximum absolute atomic E-state index is 6.71. The van der Waals surface area contributed by atoms with Crippen LogP contribution >= 0.6 is 11.3 Å². The predicted molar refractivity (Wildman–Crippen MR) is 238 cm³/mol. The molecule has 0 aliphatic heterocycles. The summed E-state index contributed by atoms with van der Waals surface area (Å²) in [4.78, 5) is 18.1.